The number of hydrogen-bond donors (Lipinski definition) is 1. The van der Waals surface area contributed by atoms with E-state index in [0.717, 1.165) is 12.0 Å². The number of imidazole rings is 1. The normalized spacial score (nSPS) is 11.0. The minimum absolute atomic E-state index is 0.321. The van der Waals surface area contributed by atoms with Gasteiger partial charge in [-0.05, 0) is 6.42 Å². The van der Waals surface area contributed by atoms with Gasteiger partial charge in [0.2, 0.25) is 0 Å². The number of rotatable bonds is 6. The Balaban J connectivity index is 1.83. The van der Waals surface area contributed by atoms with Gasteiger partial charge in [-0.1, -0.05) is 13.8 Å². The van der Waals surface area contributed by atoms with Crippen LogP contribution in [0.5, 0.6) is 0 Å². The first-order valence-corrected chi connectivity index (χ1v) is 7.09. The van der Waals surface area contributed by atoms with E-state index in [9.17, 15) is 13.6 Å². The second kappa shape index (κ2) is 7.11. The number of nitrogens with one attached hydrogen (secondary N) is 1. The third-order valence-electron chi connectivity index (χ3n) is 3.15. The number of carbonyl (C=O) groups is 1. The van der Waals surface area contributed by atoms with Crippen LogP contribution in [0.15, 0.2) is 24.7 Å². The van der Waals surface area contributed by atoms with E-state index in [2.05, 4.69) is 29.1 Å². The highest BCUT2D eigenvalue weighted by Gasteiger charge is 2.14. The maximum Gasteiger partial charge on any atom is 0.272 e. The van der Waals surface area contributed by atoms with Crippen molar-refractivity contribution in [3.8, 4) is 0 Å². The Bertz CT molecular complexity index is 655. The van der Waals surface area contributed by atoms with Crippen molar-refractivity contribution < 1.29 is 13.6 Å². The number of nitrogens with zero attached hydrogens (tertiary/aromatic N) is 3. The van der Waals surface area contributed by atoms with Gasteiger partial charge in [0.1, 0.15) is 11.6 Å². The fourth-order valence-electron chi connectivity index (χ4n) is 2.13. The van der Waals surface area contributed by atoms with E-state index in [-0.39, 0.29) is 0 Å². The number of amides is 1. The lowest BCUT2D eigenvalue weighted by Crippen LogP contribution is -2.27. The van der Waals surface area contributed by atoms with Crippen LogP contribution in [0.4, 0.5) is 8.78 Å². The summed E-state index contributed by atoms with van der Waals surface area (Å²) in [6.45, 7) is 5.19. The molecule has 118 valence electrons. The summed E-state index contributed by atoms with van der Waals surface area (Å²) in [5.41, 5.74) is -0.396. The molecule has 1 amide bonds. The molecule has 0 aromatic carbocycles. The number of aromatic nitrogens is 3. The van der Waals surface area contributed by atoms with Crippen LogP contribution in [0.3, 0.4) is 0 Å². The predicted molar refractivity (Wildman–Crippen MR) is 77.4 cm³/mol. The molecular formula is C15H18F2N4O. The molecule has 7 heteroatoms. The van der Waals surface area contributed by atoms with E-state index < -0.39 is 23.2 Å². The summed E-state index contributed by atoms with van der Waals surface area (Å²) in [4.78, 5) is 19.5. The summed E-state index contributed by atoms with van der Waals surface area (Å²) >= 11 is 0. The zero-order valence-corrected chi connectivity index (χ0v) is 12.5. The van der Waals surface area contributed by atoms with E-state index in [1.54, 1.807) is 6.20 Å². The molecule has 0 aliphatic heterocycles. The van der Waals surface area contributed by atoms with Gasteiger partial charge < -0.3 is 9.88 Å². The average Bonchev–Trinajstić information content (AvgIpc) is 2.92. The Morgan fingerprint density at radius 2 is 2.14 bits per heavy atom. The van der Waals surface area contributed by atoms with Crippen LogP contribution in [0.1, 0.15) is 42.5 Å². The summed E-state index contributed by atoms with van der Waals surface area (Å²) in [6.07, 6.45) is 5.12. The van der Waals surface area contributed by atoms with Gasteiger partial charge in [-0.2, -0.15) is 0 Å². The molecule has 0 saturated carbocycles. The van der Waals surface area contributed by atoms with Crippen LogP contribution in [-0.4, -0.2) is 27.0 Å². The first-order valence-electron chi connectivity index (χ1n) is 7.09. The molecule has 0 aliphatic carbocycles. The molecule has 0 bridgehead atoms. The van der Waals surface area contributed by atoms with Crippen molar-refractivity contribution in [3.63, 3.8) is 0 Å². The Labute approximate surface area is 127 Å². The van der Waals surface area contributed by atoms with Gasteiger partial charge in [-0.3, -0.25) is 4.79 Å². The third-order valence-corrected chi connectivity index (χ3v) is 3.15. The predicted octanol–water partition coefficient (Wildman–Crippen LogP) is 2.50. The van der Waals surface area contributed by atoms with Crippen molar-refractivity contribution in [1.82, 2.24) is 19.9 Å². The molecule has 2 aromatic rings. The zero-order valence-electron chi connectivity index (χ0n) is 12.5. The summed E-state index contributed by atoms with van der Waals surface area (Å²) in [7, 11) is 0. The standard InChI is InChI=1S/C15H18F2N4O/c1-10(2)14-18-5-7-21(14)6-3-4-19-15(22)13-12(17)8-11(16)9-20-13/h5,7-10H,3-4,6H2,1-2H3,(H,19,22). The monoisotopic (exact) mass is 308 g/mol. The van der Waals surface area contributed by atoms with Gasteiger partial charge in [0.25, 0.3) is 5.91 Å². The SMILES string of the molecule is CC(C)c1nccn1CCCNC(=O)c1ncc(F)cc1F. The lowest BCUT2D eigenvalue weighted by molar-refractivity contribution is 0.0943. The van der Waals surface area contributed by atoms with Crippen molar-refractivity contribution in [2.45, 2.75) is 32.7 Å². The van der Waals surface area contributed by atoms with Crippen LogP contribution in [0.25, 0.3) is 0 Å². The number of carbonyl (C=O) groups excluding carboxylic acids is 1. The van der Waals surface area contributed by atoms with E-state index in [1.165, 1.54) is 0 Å². The van der Waals surface area contributed by atoms with Crippen molar-refractivity contribution >= 4 is 5.91 Å². The largest absolute Gasteiger partial charge is 0.351 e. The average molecular weight is 308 g/mol. The molecule has 5 nitrogen and oxygen atoms in total. The van der Waals surface area contributed by atoms with Crippen LogP contribution in [-0.2, 0) is 6.54 Å². The van der Waals surface area contributed by atoms with Crippen LogP contribution < -0.4 is 5.32 Å². The highest BCUT2D eigenvalue weighted by atomic mass is 19.1. The lowest BCUT2D eigenvalue weighted by atomic mass is 10.2. The third kappa shape index (κ3) is 3.87. The van der Waals surface area contributed by atoms with Crippen LogP contribution in [0, 0.1) is 11.6 Å². The number of halogens is 2. The smallest absolute Gasteiger partial charge is 0.272 e. The number of aryl methyl sites for hydroxylation is 1. The lowest BCUT2D eigenvalue weighted by Gasteiger charge is -2.10. The summed E-state index contributed by atoms with van der Waals surface area (Å²) < 4.78 is 28.2. The molecule has 2 aromatic heterocycles. The first-order chi connectivity index (χ1) is 10.5. The van der Waals surface area contributed by atoms with Crippen LogP contribution >= 0.6 is 0 Å². The minimum atomic E-state index is -0.964. The molecule has 22 heavy (non-hydrogen) atoms. The van der Waals surface area contributed by atoms with Gasteiger partial charge in [0, 0.05) is 37.5 Å². The Morgan fingerprint density at radius 3 is 2.82 bits per heavy atom. The maximum absolute atomic E-state index is 13.4. The minimum Gasteiger partial charge on any atom is -0.351 e. The molecule has 0 unspecified atom stereocenters. The summed E-state index contributed by atoms with van der Waals surface area (Å²) in [6, 6.07) is 0.641. The molecule has 2 rings (SSSR count). The first kappa shape index (κ1) is 16.1. The topological polar surface area (TPSA) is 59.8 Å². The Hall–Kier alpha value is -2.31. The second-order valence-electron chi connectivity index (χ2n) is 5.23. The molecule has 2 heterocycles. The maximum atomic E-state index is 13.4. The van der Waals surface area contributed by atoms with Gasteiger partial charge in [-0.15, -0.1) is 0 Å². The fraction of sp³-hybridized carbons (Fsp3) is 0.400. The quantitative estimate of drug-likeness (QED) is 0.834. The molecule has 0 aliphatic rings. The number of hydrogen-bond acceptors (Lipinski definition) is 3. The van der Waals surface area contributed by atoms with E-state index in [4.69, 9.17) is 0 Å². The molecule has 0 saturated heterocycles. The summed E-state index contributed by atoms with van der Waals surface area (Å²) in [5, 5.41) is 2.57. The second-order valence-corrected chi connectivity index (χ2v) is 5.23. The molecule has 0 fully saturated rings. The molecule has 0 radical (unpaired) electrons. The van der Waals surface area contributed by atoms with Crippen molar-refractivity contribution in [1.29, 1.82) is 0 Å². The van der Waals surface area contributed by atoms with E-state index >= 15 is 0 Å². The van der Waals surface area contributed by atoms with Gasteiger partial charge in [0.15, 0.2) is 11.5 Å². The highest BCUT2D eigenvalue weighted by molar-refractivity contribution is 5.92. The molecule has 0 spiro atoms. The molecule has 0 atom stereocenters. The molecule has 1 N–H and O–H groups in total. The van der Waals surface area contributed by atoms with E-state index in [0.29, 0.717) is 31.5 Å². The van der Waals surface area contributed by atoms with Gasteiger partial charge >= 0.3 is 0 Å². The Morgan fingerprint density at radius 1 is 1.36 bits per heavy atom. The van der Waals surface area contributed by atoms with Crippen molar-refractivity contribution in [2.24, 2.45) is 0 Å². The highest BCUT2D eigenvalue weighted by Crippen LogP contribution is 2.12. The number of pyridine rings is 1. The van der Waals surface area contributed by atoms with Gasteiger partial charge in [0.05, 0.1) is 6.20 Å². The fourth-order valence-corrected chi connectivity index (χ4v) is 2.13. The van der Waals surface area contributed by atoms with Crippen molar-refractivity contribution in [2.75, 3.05) is 6.54 Å². The zero-order chi connectivity index (χ0) is 16.1. The molecular weight excluding hydrogens is 290 g/mol. The van der Waals surface area contributed by atoms with Crippen LogP contribution in [0.2, 0.25) is 0 Å². The van der Waals surface area contributed by atoms with Crippen molar-refractivity contribution in [3.05, 3.63) is 47.8 Å². The summed E-state index contributed by atoms with van der Waals surface area (Å²) in [5.74, 6) is -1.11. The van der Waals surface area contributed by atoms with Gasteiger partial charge in [-0.25, -0.2) is 18.7 Å². The van der Waals surface area contributed by atoms with E-state index in [1.807, 2.05) is 10.8 Å². The Kier molecular flexibility index (Phi) is 5.19.